The van der Waals surface area contributed by atoms with Crippen LogP contribution in [0.3, 0.4) is 0 Å². The first-order chi connectivity index (χ1) is 17.3. The molecule has 0 aromatic heterocycles. The van der Waals surface area contributed by atoms with Crippen molar-refractivity contribution in [3.63, 3.8) is 0 Å². The fraction of sp³-hybridized carbons (Fsp3) is 0.818. The highest BCUT2D eigenvalue weighted by atomic mass is 16.7. The highest BCUT2D eigenvalue weighted by molar-refractivity contribution is 5.98. The van der Waals surface area contributed by atoms with Crippen LogP contribution in [0, 0.1) is 0 Å². The number of esters is 2. The molecule has 0 aliphatic carbocycles. The number of ether oxygens (including phenoxy) is 8. The molecule has 0 bridgehead atoms. The van der Waals surface area contributed by atoms with Crippen molar-refractivity contribution in [3.05, 3.63) is 0 Å². The molecule has 2 aliphatic rings. The Kier molecular flexibility index (Phi) is 16.6. The van der Waals surface area contributed by atoms with Crippen LogP contribution in [0.4, 0.5) is 0 Å². The summed E-state index contributed by atoms with van der Waals surface area (Å²) < 4.78 is 40.1. The topological polar surface area (TPSA) is 183 Å². The van der Waals surface area contributed by atoms with E-state index in [9.17, 15) is 19.2 Å². The van der Waals surface area contributed by atoms with Crippen molar-refractivity contribution in [1.82, 2.24) is 0 Å². The van der Waals surface area contributed by atoms with Crippen LogP contribution in [-0.4, -0.2) is 113 Å². The minimum absolute atomic E-state index is 0.0338. The minimum atomic E-state index is -1.84. The van der Waals surface area contributed by atoms with E-state index in [0.717, 1.165) is 25.7 Å². The maximum Gasteiger partial charge on any atom is 0.347 e. The van der Waals surface area contributed by atoms with Crippen molar-refractivity contribution in [3.8, 4) is 0 Å². The van der Waals surface area contributed by atoms with E-state index in [4.69, 9.17) is 48.1 Å². The number of aliphatic carboxylic acids is 2. The minimum Gasteiger partial charge on any atom is -0.479 e. The van der Waals surface area contributed by atoms with Gasteiger partial charge in [-0.05, 0) is 38.5 Å². The lowest BCUT2D eigenvalue weighted by atomic mass is 10.2. The Morgan fingerprint density at radius 1 is 0.694 bits per heavy atom. The molecule has 14 heteroatoms. The lowest BCUT2D eigenvalue weighted by Gasteiger charge is -2.25. The molecule has 2 aliphatic heterocycles. The van der Waals surface area contributed by atoms with E-state index in [1.807, 2.05) is 0 Å². The van der Waals surface area contributed by atoms with Crippen molar-refractivity contribution >= 4 is 23.9 Å². The number of carbonyl (C=O) groups is 4. The van der Waals surface area contributed by atoms with Crippen molar-refractivity contribution < 1.29 is 67.3 Å². The third-order valence-corrected chi connectivity index (χ3v) is 4.79. The fourth-order valence-electron chi connectivity index (χ4n) is 2.97. The number of carboxylic acids is 2. The van der Waals surface area contributed by atoms with Gasteiger partial charge >= 0.3 is 23.9 Å². The molecule has 2 heterocycles. The average Bonchev–Trinajstić information content (AvgIpc) is 2.87. The van der Waals surface area contributed by atoms with Crippen LogP contribution in [0.1, 0.15) is 38.5 Å². The summed E-state index contributed by atoms with van der Waals surface area (Å²) in [6.45, 7) is 1.55. The largest absolute Gasteiger partial charge is 0.479 e. The number of hydrogen-bond acceptors (Lipinski definition) is 12. The van der Waals surface area contributed by atoms with E-state index in [1.165, 1.54) is 14.2 Å². The summed E-state index contributed by atoms with van der Waals surface area (Å²) in [5.74, 6) is -4.64. The number of carboxylic acid groups (broad SMARTS) is 2. The monoisotopic (exact) mass is 524 g/mol. The predicted octanol–water partition coefficient (Wildman–Crippen LogP) is 0.345. The molecule has 0 saturated carbocycles. The quantitative estimate of drug-likeness (QED) is 0.180. The van der Waals surface area contributed by atoms with Gasteiger partial charge in [0.1, 0.15) is 13.2 Å². The normalized spacial score (nSPS) is 19.8. The Hall–Kier alpha value is -2.36. The van der Waals surface area contributed by atoms with E-state index in [0.29, 0.717) is 26.1 Å². The first-order valence-electron chi connectivity index (χ1n) is 11.6. The molecule has 208 valence electrons. The summed E-state index contributed by atoms with van der Waals surface area (Å²) in [4.78, 5) is 44.9. The van der Waals surface area contributed by atoms with Crippen LogP contribution >= 0.6 is 0 Å². The Balaban J connectivity index is 0.000000397. The van der Waals surface area contributed by atoms with Crippen LogP contribution in [-0.2, 0) is 57.1 Å². The van der Waals surface area contributed by atoms with Gasteiger partial charge in [0, 0.05) is 27.4 Å². The summed E-state index contributed by atoms with van der Waals surface area (Å²) in [5.41, 5.74) is 0. The second kappa shape index (κ2) is 18.8. The Morgan fingerprint density at radius 2 is 1.11 bits per heavy atom. The second-order valence-electron chi connectivity index (χ2n) is 7.62. The molecule has 36 heavy (non-hydrogen) atoms. The smallest absolute Gasteiger partial charge is 0.347 e. The summed E-state index contributed by atoms with van der Waals surface area (Å²) >= 11 is 0. The first-order valence-corrected chi connectivity index (χ1v) is 11.6. The van der Waals surface area contributed by atoms with Gasteiger partial charge in [0.05, 0.1) is 13.2 Å². The molecule has 0 radical (unpaired) electrons. The van der Waals surface area contributed by atoms with Gasteiger partial charge in [-0.3, -0.25) is 0 Å². The molecule has 2 saturated heterocycles. The lowest BCUT2D eigenvalue weighted by molar-refractivity contribution is -0.213. The number of carbonyl (C=O) groups excluding carboxylic acids is 2. The molecule has 0 aromatic rings. The molecular formula is C22H36O14. The van der Waals surface area contributed by atoms with Crippen LogP contribution in [0.2, 0.25) is 0 Å². The van der Waals surface area contributed by atoms with Crippen LogP contribution in [0.15, 0.2) is 0 Å². The number of hydrogen-bond donors (Lipinski definition) is 2. The third kappa shape index (κ3) is 13.1. The summed E-state index contributed by atoms with van der Waals surface area (Å²) in [7, 11) is 2.97. The second-order valence-corrected chi connectivity index (χ2v) is 7.62. The van der Waals surface area contributed by atoms with Crippen molar-refractivity contribution in [2.75, 3.05) is 53.9 Å². The van der Waals surface area contributed by atoms with Gasteiger partial charge in [-0.25, -0.2) is 19.2 Å². The lowest BCUT2D eigenvalue weighted by Crippen LogP contribution is -2.41. The van der Waals surface area contributed by atoms with Gasteiger partial charge < -0.3 is 48.1 Å². The molecule has 14 nitrogen and oxygen atoms in total. The maximum absolute atomic E-state index is 12.0. The van der Waals surface area contributed by atoms with E-state index in [-0.39, 0.29) is 26.4 Å². The summed E-state index contributed by atoms with van der Waals surface area (Å²) in [5, 5.41) is 17.0. The highest BCUT2D eigenvalue weighted by Gasteiger charge is 2.34. The predicted molar refractivity (Wildman–Crippen MR) is 118 cm³/mol. The Labute approximate surface area is 209 Å². The van der Waals surface area contributed by atoms with Crippen molar-refractivity contribution in [2.24, 2.45) is 0 Å². The standard InChI is InChI=1S/C14H24O8.C8H12O6/c1-17-7-9-20-13(15)12(14(16)21-10-8-18-2)22-11-5-3-4-6-19-11;9-7(10)6(8(11)12)14-5-3-1-2-4-13-5/h11-12H,3-10H2,1-2H3;5-6H,1-4H2,(H,9,10)(H,11,12). The van der Waals surface area contributed by atoms with E-state index < -0.39 is 48.7 Å². The highest BCUT2D eigenvalue weighted by Crippen LogP contribution is 2.17. The van der Waals surface area contributed by atoms with Gasteiger partial charge in [-0.1, -0.05) is 0 Å². The zero-order valence-electron chi connectivity index (χ0n) is 20.6. The third-order valence-electron chi connectivity index (χ3n) is 4.79. The van der Waals surface area contributed by atoms with E-state index >= 15 is 0 Å². The number of rotatable bonds is 14. The summed E-state index contributed by atoms with van der Waals surface area (Å²) in [6, 6.07) is 0. The van der Waals surface area contributed by atoms with Crippen molar-refractivity contribution in [2.45, 2.75) is 63.3 Å². The van der Waals surface area contributed by atoms with Crippen LogP contribution in [0.5, 0.6) is 0 Å². The van der Waals surface area contributed by atoms with Crippen LogP contribution < -0.4 is 0 Å². The fourth-order valence-corrected chi connectivity index (χ4v) is 2.97. The SMILES string of the molecule is COCCOC(=O)C(OC1CCCCO1)C(=O)OCCOC.O=C(O)C(OC1CCCCO1)C(=O)O. The van der Waals surface area contributed by atoms with Crippen LogP contribution in [0.25, 0.3) is 0 Å². The molecule has 2 unspecified atom stereocenters. The zero-order valence-corrected chi connectivity index (χ0v) is 20.6. The van der Waals surface area contributed by atoms with Crippen molar-refractivity contribution in [1.29, 1.82) is 0 Å². The zero-order chi connectivity index (χ0) is 26.8. The number of methoxy groups -OCH3 is 2. The molecule has 0 spiro atoms. The Morgan fingerprint density at radius 3 is 1.44 bits per heavy atom. The maximum atomic E-state index is 12.0. The first kappa shape index (κ1) is 31.7. The van der Waals surface area contributed by atoms with Gasteiger partial charge in [-0.2, -0.15) is 0 Å². The van der Waals surface area contributed by atoms with E-state index in [1.54, 1.807) is 0 Å². The van der Waals surface area contributed by atoms with Gasteiger partial charge in [0.25, 0.3) is 12.2 Å². The molecule has 2 fully saturated rings. The molecule has 0 aromatic carbocycles. The van der Waals surface area contributed by atoms with Gasteiger partial charge in [0.2, 0.25) is 0 Å². The Bertz CT molecular complexity index is 621. The summed E-state index contributed by atoms with van der Waals surface area (Å²) in [6.07, 6.45) is 0.140. The molecular weight excluding hydrogens is 488 g/mol. The molecule has 2 rings (SSSR count). The van der Waals surface area contributed by atoms with Gasteiger partial charge in [-0.15, -0.1) is 0 Å². The van der Waals surface area contributed by atoms with E-state index in [2.05, 4.69) is 0 Å². The molecule has 2 atom stereocenters. The molecule has 2 N–H and O–H groups in total. The molecule has 0 amide bonds. The average molecular weight is 525 g/mol. The van der Waals surface area contributed by atoms with Gasteiger partial charge in [0.15, 0.2) is 12.6 Å².